The molecule has 0 saturated heterocycles. The molecule has 0 fully saturated rings. The summed E-state index contributed by atoms with van der Waals surface area (Å²) >= 11 is 0. The second-order valence-corrected chi connectivity index (χ2v) is 4.95. The van der Waals surface area contributed by atoms with E-state index in [-0.39, 0.29) is 0 Å². The summed E-state index contributed by atoms with van der Waals surface area (Å²) in [4.78, 5) is 7.05. The van der Waals surface area contributed by atoms with Gasteiger partial charge >= 0.3 is 0 Å². The Hall–Kier alpha value is -1.49. The monoisotopic (exact) mass is 294 g/mol. The van der Waals surface area contributed by atoms with Crippen LogP contribution in [-0.4, -0.2) is 50.1 Å². The number of hydrogen-bond acceptors (Lipinski definition) is 3. The van der Waals surface area contributed by atoms with Gasteiger partial charge in [-0.15, -0.1) is 0 Å². The van der Waals surface area contributed by atoms with Crippen molar-refractivity contribution < 1.29 is 4.42 Å². The summed E-state index contributed by atoms with van der Waals surface area (Å²) in [5.74, 6) is 1.88. The number of rotatable bonds is 10. The number of aliphatic imine (C=N–C) groups is 1. The van der Waals surface area contributed by atoms with Crippen LogP contribution in [0, 0.1) is 0 Å². The summed E-state index contributed by atoms with van der Waals surface area (Å²) < 4.78 is 5.32. The standard InChI is InChI=1S/C16H30N4O/c1-4-12-20(6-3)13-11-19-16(17-5-2)18-10-9-15-8-7-14-21-15/h7-8,14H,4-6,9-13H2,1-3H3,(H2,17,18,19). The van der Waals surface area contributed by atoms with E-state index in [0.29, 0.717) is 0 Å². The summed E-state index contributed by atoms with van der Waals surface area (Å²) in [6.45, 7) is 12.3. The van der Waals surface area contributed by atoms with Crippen LogP contribution in [0.1, 0.15) is 33.0 Å². The Morgan fingerprint density at radius 2 is 2.10 bits per heavy atom. The van der Waals surface area contributed by atoms with Crippen LogP contribution in [0.4, 0.5) is 0 Å². The highest BCUT2D eigenvalue weighted by atomic mass is 16.3. The van der Waals surface area contributed by atoms with Crippen LogP contribution >= 0.6 is 0 Å². The molecule has 0 saturated carbocycles. The molecule has 0 aliphatic carbocycles. The van der Waals surface area contributed by atoms with E-state index in [9.17, 15) is 0 Å². The predicted octanol–water partition coefficient (Wildman–Crippen LogP) is 2.11. The maximum Gasteiger partial charge on any atom is 0.191 e. The Labute approximate surface area is 128 Å². The van der Waals surface area contributed by atoms with Crippen LogP contribution < -0.4 is 10.6 Å². The number of hydrogen-bond donors (Lipinski definition) is 2. The normalized spacial score (nSPS) is 11.9. The second kappa shape index (κ2) is 11.2. The molecule has 0 aliphatic rings. The minimum atomic E-state index is 0.823. The lowest BCUT2D eigenvalue weighted by molar-refractivity contribution is 0.297. The fourth-order valence-electron chi connectivity index (χ4n) is 2.15. The molecule has 21 heavy (non-hydrogen) atoms. The summed E-state index contributed by atoms with van der Waals surface area (Å²) in [5.41, 5.74) is 0. The maximum absolute atomic E-state index is 5.32. The third-order valence-electron chi connectivity index (χ3n) is 3.26. The van der Waals surface area contributed by atoms with E-state index in [0.717, 1.165) is 57.4 Å². The van der Waals surface area contributed by atoms with Crippen LogP contribution in [0.5, 0.6) is 0 Å². The topological polar surface area (TPSA) is 52.8 Å². The smallest absolute Gasteiger partial charge is 0.191 e. The number of likely N-dealkylation sites (N-methyl/N-ethyl adjacent to an activating group) is 1. The van der Waals surface area contributed by atoms with Crippen LogP contribution in [0.2, 0.25) is 0 Å². The Kier molecular flexibility index (Phi) is 9.37. The molecular weight excluding hydrogens is 264 g/mol. The molecule has 5 heteroatoms. The third-order valence-corrected chi connectivity index (χ3v) is 3.26. The van der Waals surface area contributed by atoms with Gasteiger partial charge in [0, 0.05) is 26.1 Å². The van der Waals surface area contributed by atoms with Crippen LogP contribution in [0.15, 0.2) is 27.8 Å². The first-order valence-electron chi connectivity index (χ1n) is 8.07. The number of nitrogens with one attached hydrogen (secondary N) is 2. The van der Waals surface area contributed by atoms with Crippen molar-refractivity contribution in [3.05, 3.63) is 24.2 Å². The molecule has 0 radical (unpaired) electrons. The molecule has 2 N–H and O–H groups in total. The van der Waals surface area contributed by atoms with Gasteiger partial charge in [0.2, 0.25) is 0 Å². The molecule has 120 valence electrons. The van der Waals surface area contributed by atoms with E-state index in [1.165, 1.54) is 6.42 Å². The van der Waals surface area contributed by atoms with Gasteiger partial charge in [-0.05, 0) is 38.6 Å². The lowest BCUT2D eigenvalue weighted by Gasteiger charge is -2.18. The summed E-state index contributed by atoms with van der Waals surface area (Å²) in [7, 11) is 0. The zero-order chi connectivity index (χ0) is 15.3. The fraction of sp³-hybridized carbons (Fsp3) is 0.688. The van der Waals surface area contributed by atoms with Crippen molar-refractivity contribution in [3.63, 3.8) is 0 Å². The summed E-state index contributed by atoms with van der Waals surface area (Å²) in [6.07, 6.45) is 3.77. The molecule has 0 unspecified atom stereocenters. The van der Waals surface area contributed by atoms with Crippen LogP contribution in [0.3, 0.4) is 0 Å². The molecule has 0 bridgehead atoms. The molecule has 1 aromatic rings. The van der Waals surface area contributed by atoms with Gasteiger partial charge in [-0.3, -0.25) is 4.99 Å². The van der Waals surface area contributed by atoms with Crippen molar-refractivity contribution in [3.8, 4) is 0 Å². The largest absolute Gasteiger partial charge is 0.469 e. The first-order valence-corrected chi connectivity index (χ1v) is 8.07. The van der Waals surface area contributed by atoms with Gasteiger partial charge in [-0.2, -0.15) is 0 Å². The highest BCUT2D eigenvalue weighted by Gasteiger charge is 2.01. The Bertz CT molecular complexity index is 376. The van der Waals surface area contributed by atoms with E-state index in [1.54, 1.807) is 6.26 Å². The minimum absolute atomic E-state index is 0.823. The van der Waals surface area contributed by atoms with Gasteiger partial charge in [0.1, 0.15) is 5.76 Å². The first-order chi connectivity index (χ1) is 10.3. The zero-order valence-electron chi connectivity index (χ0n) is 13.7. The van der Waals surface area contributed by atoms with E-state index >= 15 is 0 Å². The second-order valence-electron chi connectivity index (χ2n) is 4.95. The number of furan rings is 1. The highest BCUT2D eigenvalue weighted by Crippen LogP contribution is 1.99. The van der Waals surface area contributed by atoms with Gasteiger partial charge in [-0.1, -0.05) is 13.8 Å². The third kappa shape index (κ3) is 7.75. The van der Waals surface area contributed by atoms with Gasteiger partial charge in [-0.25, -0.2) is 0 Å². The van der Waals surface area contributed by atoms with Crippen LogP contribution in [-0.2, 0) is 6.42 Å². The van der Waals surface area contributed by atoms with Crippen molar-refractivity contribution >= 4 is 5.96 Å². The van der Waals surface area contributed by atoms with Gasteiger partial charge in [0.05, 0.1) is 12.8 Å². The van der Waals surface area contributed by atoms with E-state index in [4.69, 9.17) is 4.42 Å². The molecule has 0 spiro atoms. The van der Waals surface area contributed by atoms with Gasteiger partial charge in [0.25, 0.3) is 0 Å². The number of nitrogens with zero attached hydrogens (tertiary/aromatic N) is 2. The van der Waals surface area contributed by atoms with Crippen molar-refractivity contribution in [1.29, 1.82) is 0 Å². The molecule has 0 atom stereocenters. The molecule has 1 heterocycles. The lowest BCUT2D eigenvalue weighted by atomic mass is 10.3. The molecule has 5 nitrogen and oxygen atoms in total. The minimum Gasteiger partial charge on any atom is -0.469 e. The SMILES string of the molecule is CCCN(CC)CCN=C(NCC)NCCc1ccco1. The zero-order valence-corrected chi connectivity index (χ0v) is 13.7. The summed E-state index contributed by atoms with van der Waals surface area (Å²) in [6, 6.07) is 3.91. The average Bonchev–Trinajstić information content (AvgIpc) is 2.99. The predicted molar refractivity (Wildman–Crippen MR) is 88.8 cm³/mol. The van der Waals surface area contributed by atoms with Gasteiger partial charge < -0.3 is 20.0 Å². The highest BCUT2D eigenvalue weighted by molar-refractivity contribution is 5.79. The van der Waals surface area contributed by atoms with E-state index in [2.05, 4.69) is 41.3 Å². The average molecular weight is 294 g/mol. The summed E-state index contributed by atoms with van der Waals surface area (Å²) in [5, 5.41) is 6.62. The Morgan fingerprint density at radius 1 is 1.24 bits per heavy atom. The van der Waals surface area contributed by atoms with Crippen molar-refractivity contribution in [2.75, 3.05) is 39.3 Å². The molecule has 0 amide bonds. The van der Waals surface area contributed by atoms with E-state index < -0.39 is 0 Å². The molecular formula is C16H30N4O. The first kappa shape index (κ1) is 17.6. The number of guanidine groups is 1. The maximum atomic E-state index is 5.32. The molecule has 1 aromatic heterocycles. The van der Waals surface area contributed by atoms with Crippen molar-refractivity contribution in [2.24, 2.45) is 4.99 Å². The van der Waals surface area contributed by atoms with Crippen molar-refractivity contribution in [1.82, 2.24) is 15.5 Å². The lowest BCUT2D eigenvalue weighted by Crippen LogP contribution is -2.39. The quantitative estimate of drug-likeness (QED) is 0.512. The molecule has 0 aromatic carbocycles. The van der Waals surface area contributed by atoms with Gasteiger partial charge in [0.15, 0.2) is 5.96 Å². The van der Waals surface area contributed by atoms with Crippen LogP contribution in [0.25, 0.3) is 0 Å². The Balaban J connectivity index is 2.31. The Morgan fingerprint density at radius 3 is 2.71 bits per heavy atom. The van der Waals surface area contributed by atoms with Crippen molar-refractivity contribution in [2.45, 2.75) is 33.6 Å². The molecule has 1 rings (SSSR count). The molecule has 0 aliphatic heterocycles. The van der Waals surface area contributed by atoms with E-state index in [1.807, 2.05) is 12.1 Å². The fourth-order valence-corrected chi connectivity index (χ4v) is 2.15.